The number of amides is 1. The van der Waals surface area contributed by atoms with E-state index in [1.165, 1.54) is 29.4 Å². The number of methoxy groups -OCH3 is 2. The fraction of sp³-hybridized carbons (Fsp3) is 0.348. The molecule has 1 heterocycles. The molecule has 0 saturated heterocycles. The van der Waals surface area contributed by atoms with Gasteiger partial charge in [0, 0.05) is 12.6 Å². The van der Waals surface area contributed by atoms with Crippen LogP contribution in [0.5, 0.6) is 11.5 Å². The van der Waals surface area contributed by atoms with E-state index in [2.05, 4.69) is 5.32 Å². The van der Waals surface area contributed by atoms with Crippen molar-refractivity contribution in [1.82, 2.24) is 9.13 Å². The van der Waals surface area contributed by atoms with Gasteiger partial charge in [-0.25, -0.2) is 4.79 Å². The molecule has 0 spiro atoms. The molecule has 3 rings (SSSR count). The van der Waals surface area contributed by atoms with Crippen LogP contribution in [0.2, 0.25) is 5.02 Å². The lowest BCUT2D eigenvalue weighted by molar-refractivity contribution is -0.116. The quantitative estimate of drug-likeness (QED) is 0.556. The highest BCUT2D eigenvalue weighted by Crippen LogP contribution is 2.35. The molecule has 32 heavy (non-hydrogen) atoms. The molecular formula is C23H26ClN3O5. The van der Waals surface area contributed by atoms with Crippen molar-refractivity contribution in [2.24, 2.45) is 5.92 Å². The molecule has 0 aliphatic rings. The molecule has 1 aromatic heterocycles. The summed E-state index contributed by atoms with van der Waals surface area (Å²) in [5.41, 5.74) is -0.136. The summed E-state index contributed by atoms with van der Waals surface area (Å²) in [6, 6.07) is 9.84. The highest BCUT2D eigenvalue weighted by atomic mass is 35.5. The minimum absolute atomic E-state index is 0.281. The van der Waals surface area contributed by atoms with Crippen molar-refractivity contribution in [1.29, 1.82) is 0 Å². The molecule has 2 aromatic carbocycles. The zero-order valence-electron chi connectivity index (χ0n) is 18.5. The van der Waals surface area contributed by atoms with E-state index in [-0.39, 0.29) is 18.6 Å². The summed E-state index contributed by atoms with van der Waals surface area (Å²) in [4.78, 5) is 38.9. The van der Waals surface area contributed by atoms with Gasteiger partial charge in [0.15, 0.2) is 0 Å². The molecule has 0 bridgehead atoms. The number of benzene rings is 2. The topological polar surface area (TPSA) is 91.6 Å². The molecule has 0 unspecified atom stereocenters. The lowest BCUT2D eigenvalue weighted by Crippen LogP contribution is -2.42. The average Bonchev–Trinajstić information content (AvgIpc) is 2.76. The molecule has 0 aliphatic carbocycles. The van der Waals surface area contributed by atoms with Crippen LogP contribution >= 0.6 is 11.6 Å². The van der Waals surface area contributed by atoms with Crippen LogP contribution in [0.4, 0.5) is 5.69 Å². The fourth-order valence-electron chi connectivity index (χ4n) is 3.40. The van der Waals surface area contributed by atoms with E-state index in [1.807, 2.05) is 13.8 Å². The Morgan fingerprint density at radius 1 is 1.06 bits per heavy atom. The van der Waals surface area contributed by atoms with Gasteiger partial charge < -0.3 is 14.8 Å². The Balaban J connectivity index is 2.00. The molecule has 3 aromatic rings. The number of rotatable bonds is 8. The Morgan fingerprint density at radius 2 is 1.75 bits per heavy atom. The van der Waals surface area contributed by atoms with Crippen molar-refractivity contribution in [3.05, 3.63) is 62.3 Å². The Morgan fingerprint density at radius 3 is 2.41 bits per heavy atom. The number of anilines is 1. The van der Waals surface area contributed by atoms with Gasteiger partial charge in [-0.2, -0.15) is 0 Å². The summed E-state index contributed by atoms with van der Waals surface area (Å²) in [7, 11) is 2.94. The van der Waals surface area contributed by atoms with E-state index in [0.29, 0.717) is 45.5 Å². The first-order valence-corrected chi connectivity index (χ1v) is 10.6. The van der Waals surface area contributed by atoms with Gasteiger partial charge in [-0.15, -0.1) is 0 Å². The Labute approximate surface area is 190 Å². The van der Waals surface area contributed by atoms with Crippen LogP contribution in [0.15, 0.2) is 46.0 Å². The minimum Gasteiger partial charge on any atom is -0.495 e. The minimum atomic E-state index is -0.524. The molecular weight excluding hydrogens is 434 g/mol. The van der Waals surface area contributed by atoms with Crippen LogP contribution < -0.4 is 26.0 Å². The second-order valence-corrected chi connectivity index (χ2v) is 8.17. The summed E-state index contributed by atoms with van der Waals surface area (Å²) in [6.07, 6.45) is 0.668. The van der Waals surface area contributed by atoms with Gasteiger partial charge in [0.05, 0.1) is 35.8 Å². The summed E-state index contributed by atoms with van der Waals surface area (Å²) in [5, 5.41) is 3.41. The van der Waals surface area contributed by atoms with Crippen LogP contribution in [-0.2, 0) is 17.9 Å². The second kappa shape index (κ2) is 9.91. The van der Waals surface area contributed by atoms with Gasteiger partial charge in [0.1, 0.15) is 18.0 Å². The summed E-state index contributed by atoms with van der Waals surface area (Å²) in [5.74, 6) is 0.613. The maximum atomic E-state index is 13.1. The normalized spacial score (nSPS) is 11.1. The zero-order chi connectivity index (χ0) is 23.4. The molecule has 1 N–H and O–H groups in total. The SMILES string of the molecule is COc1cc(OC)c(NC(=O)Cn2c(=O)n(CCC(C)C)c(=O)c3ccccc32)cc1Cl. The number of nitrogens with one attached hydrogen (secondary N) is 1. The highest BCUT2D eigenvalue weighted by molar-refractivity contribution is 6.32. The zero-order valence-corrected chi connectivity index (χ0v) is 19.2. The largest absolute Gasteiger partial charge is 0.495 e. The monoisotopic (exact) mass is 459 g/mol. The van der Waals surface area contributed by atoms with E-state index in [1.54, 1.807) is 30.3 Å². The predicted molar refractivity (Wildman–Crippen MR) is 125 cm³/mol. The summed E-state index contributed by atoms with van der Waals surface area (Å²) < 4.78 is 13.0. The maximum absolute atomic E-state index is 13.1. The smallest absolute Gasteiger partial charge is 0.331 e. The number of carbonyl (C=O) groups excluding carboxylic acids is 1. The molecule has 0 atom stereocenters. The van der Waals surface area contributed by atoms with Crippen LogP contribution in [0.1, 0.15) is 20.3 Å². The molecule has 0 saturated carbocycles. The van der Waals surface area contributed by atoms with Crippen LogP contribution in [0.25, 0.3) is 10.9 Å². The highest BCUT2D eigenvalue weighted by Gasteiger charge is 2.17. The molecule has 170 valence electrons. The van der Waals surface area contributed by atoms with Crippen molar-refractivity contribution < 1.29 is 14.3 Å². The first kappa shape index (κ1) is 23.4. The van der Waals surface area contributed by atoms with Gasteiger partial charge in [-0.3, -0.25) is 18.7 Å². The number of halogens is 1. The number of hydrogen-bond acceptors (Lipinski definition) is 5. The predicted octanol–water partition coefficient (Wildman–Crippen LogP) is 3.52. The average molecular weight is 460 g/mol. The van der Waals surface area contributed by atoms with E-state index >= 15 is 0 Å². The van der Waals surface area contributed by atoms with Gasteiger partial charge in [0.2, 0.25) is 5.91 Å². The van der Waals surface area contributed by atoms with Crippen molar-refractivity contribution in [2.45, 2.75) is 33.4 Å². The lowest BCUT2D eigenvalue weighted by Gasteiger charge is -2.16. The van der Waals surface area contributed by atoms with Crippen LogP contribution in [0, 0.1) is 5.92 Å². The number of ether oxygens (including phenoxy) is 2. The van der Waals surface area contributed by atoms with Gasteiger partial charge in [-0.1, -0.05) is 37.6 Å². The molecule has 8 nitrogen and oxygen atoms in total. The number of carbonyl (C=O) groups is 1. The fourth-order valence-corrected chi connectivity index (χ4v) is 3.64. The van der Waals surface area contributed by atoms with Crippen molar-refractivity contribution in [3.63, 3.8) is 0 Å². The van der Waals surface area contributed by atoms with Gasteiger partial charge in [-0.05, 0) is 30.5 Å². The van der Waals surface area contributed by atoms with E-state index in [9.17, 15) is 14.4 Å². The standard InChI is InChI=1S/C23H26ClN3O5/c1-14(2)9-10-26-22(29)15-7-5-6-8-18(15)27(23(26)30)13-21(28)25-17-11-16(24)19(31-3)12-20(17)32-4/h5-8,11-12,14H,9-10,13H2,1-4H3,(H,25,28). The Hall–Kier alpha value is -3.26. The van der Waals surface area contributed by atoms with E-state index in [4.69, 9.17) is 21.1 Å². The van der Waals surface area contributed by atoms with Crippen molar-refractivity contribution >= 4 is 34.1 Å². The third-order valence-corrected chi connectivity index (χ3v) is 5.41. The Kier molecular flexibility index (Phi) is 7.25. The molecule has 0 aliphatic heterocycles. The summed E-state index contributed by atoms with van der Waals surface area (Å²) >= 11 is 6.18. The first-order chi connectivity index (χ1) is 15.3. The molecule has 0 radical (unpaired) electrons. The number of para-hydroxylation sites is 1. The van der Waals surface area contributed by atoms with Gasteiger partial charge >= 0.3 is 5.69 Å². The molecule has 9 heteroatoms. The first-order valence-electron chi connectivity index (χ1n) is 10.2. The van der Waals surface area contributed by atoms with Crippen molar-refractivity contribution in [2.75, 3.05) is 19.5 Å². The summed E-state index contributed by atoms with van der Waals surface area (Å²) in [6.45, 7) is 4.04. The lowest BCUT2D eigenvalue weighted by atomic mass is 10.1. The maximum Gasteiger partial charge on any atom is 0.331 e. The van der Waals surface area contributed by atoms with E-state index in [0.717, 1.165) is 0 Å². The van der Waals surface area contributed by atoms with Crippen LogP contribution in [0.3, 0.4) is 0 Å². The van der Waals surface area contributed by atoms with Gasteiger partial charge in [0.25, 0.3) is 5.56 Å². The molecule has 0 fully saturated rings. The van der Waals surface area contributed by atoms with E-state index < -0.39 is 11.6 Å². The van der Waals surface area contributed by atoms with Crippen LogP contribution in [-0.4, -0.2) is 29.3 Å². The number of fused-ring (bicyclic) bond motifs is 1. The second-order valence-electron chi connectivity index (χ2n) is 7.76. The number of hydrogen-bond donors (Lipinski definition) is 1. The third kappa shape index (κ3) is 4.80. The number of nitrogens with zero attached hydrogens (tertiary/aromatic N) is 2. The Bertz CT molecular complexity index is 1260. The molecule has 1 amide bonds. The third-order valence-electron chi connectivity index (χ3n) is 5.11. The van der Waals surface area contributed by atoms with Crippen molar-refractivity contribution in [3.8, 4) is 11.5 Å². The number of aromatic nitrogens is 2.